The number of nitrogen functional groups attached to an aromatic ring is 1. The number of nitrogens with zero attached hydrogens (tertiary/aromatic N) is 2. The molecule has 0 aliphatic carbocycles. The van der Waals surface area contributed by atoms with Crippen molar-refractivity contribution in [3.05, 3.63) is 30.7 Å². The first kappa shape index (κ1) is 6.67. The Bertz CT molecular complexity index is 256. The van der Waals surface area contributed by atoms with Gasteiger partial charge in [0.15, 0.2) is 0 Å². The summed E-state index contributed by atoms with van der Waals surface area (Å²) in [6.45, 7) is 3.49. The van der Waals surface area contributed by atoms with E-state index in [1.165, 1.54) is 6.20 Å². The molecule has 0 fully saturated rings. The van der Waals surface area contributed by atoms with Crippen LogP contribution in [0.15, 0.2) is 12.3 Å². The maximum Gasteiger partial charge on any atom is 0.141 e. The molecular formula is C6H7N4. The van der Waals surface area contributed by atoms with E-state index >= 15 is 0 Å². The third kappa shape index (κ3) is 1.28. The predicted molar refractivity (Wildman–Crippen MR) is 37.5 cm³/mol. The van der Waals surface area contributed by atoms with Gasteiger partial charge in [0.05, 0.1) is 0 Å². The van der Waals surface area contributed by atoms with Crippen LogP contribution in [-0.4, -0.2) is 15.8 Å². The second kappa shape index (κ2) is 2.43. The zero-order valence-corrected chi connectivity index (χ0v) is 5.33. The van der Waals surface area contributed by atoms with Gasteiger partial charge in [0, 0.05) is 13.1 Å². The Morgan fingerprint density at radius 2 is 2.40 bits per heavy atom. The number of aromatic nitrogens is 2. The van der Waals surface area contributed by atoms with Gasteiger partial charge in [0.1, 0.15) is 17.4 Å². The topological polar surface area (TPSA) is 75.7 Å². The van der Waals surface area contributed by atoms with E-state index in [2.05, 4.69) is 16.9 Å². The second-order valence-corrected chi connectivity index (χ2v) is 1.77. The summed E-state index contributed by atoms with van der Waals surface area (Å²) in [6.07, 6.45) is 1.52. The fraction of sp³-hybridized carbons (Fsp3) is 0. The smallest absolute Gasteiger partial charge is 0.141 e. The zero-order valence-electron chi connectivity index (χ0n) is 5.33. The molecule has 0 unspecified atom stereocenters. The summed E-state index contributed by atoms with van der Waals surface area (Å²) in [5, 5.41) is 6.99. The van der Waals surface area contributed by atoms with Gasteiger partial charge >= 0.3 is 0 Å². The summed E-state index contributed by atoms with van der Waals surface area (Å²) >= 11 is 0. The van der Waals surface area contributed by atoms with Crippen LogP contribution in [0.1, 0.15) is 11.5 Å². The Labute approximate surface area is 58.6 Å². The molecule has 4 nitrogen and oxygen atoms in total. The van der Waals surface area contributed by atoms with E-state index in [1.54, 1.807) is 6.07 Å². The van der Waals surface area contributed by atoms with Crippen molar-refractivity contribution >= 4 is 5.84 Å². The van der Waals surface area contributed by atoms with Crippen molar-refractivity contribution < 1.29 is 0 Å². The van der Waals surface area contributed by atoms with Gasteiger partial charge in [-0.3, -0.25) is 5.41 Å². The van der Waals surface area contributed by atoms with E-state index in [0.717, 1.165) is 0 Å². The molecule has 10 heavy (non-hydrogen) atoms. The van der Waals surface area contributed by atoms with Crippen LogP contribution >= 0.6 is 0 Å². The van der Waals surface area contributed by atoms with E-state index < -0.39 is 0 Å². The van der Waals surface area contributed by atoms with Gasteiger partial charge in [0.2, 0.25) is 0 Å². The van der Waals surface area contributed by atoms with Gasteiger partial charge in [-0.1, -0.05) is 0 Å². The molecule has 51 valence electrons. The maximum atomic E-state index is 6.99. The van der Waals surface area contributed by atoms with Crippen LogP contribution in [0.2, 0.25) is 0 Å². The Hall–Kier alpha value is -1.45. The van der Waals surface area contributed by atoms with Crippen LogP contribution < -0.4 is 5.73 Å². The number of hydrogen-bond acceptors (Lipinski definition) is 3. The average molecular weight is 135 g/mol. The monoisotopic (exact) mass is 135 g/mol. The zero-order chi connectivity index (χ0) is 7.56. The third-order valence-electron chi connectivity index (χ3n) is 0.981. The summed E-state index contributed by atoms with van der Waals surface area (Å²) < 4.78 is 0. The van der Waals surface area contributed by atoms with E-state index in [0.29, 0.717) is 11.5 Å². The first-order valence-corrected chi connectivity index (χ1v) is 2.69. The molecule has 1 radical (unpaired) electrons. The van der Waals surface area contributed by atoms with E-state index in [1.807, 2.05) is 0 Å². The lowest BCUT2D eigenvalue weighted by atomic mass is 10.4. The molecule has 0 bridgehead atoms. The molecule has 0 aromatic carbocycles. The number of hydrogen-bond donors (Lipinski definition) is 2. The van der Waals surface area contributed by atoms with E-state index in [9.17, 15) is 0 Å². The normalized spacial score (nSPS) is 9.30. The van der Waals surface area contributed by atoms with Gasteiger partial charge in [0.25, 0.3) is 0 Å². The van der Waals surface area contributed by atoms with Gasteiger partial charge in [-0.2, -0.15) is 0 Å². The fourth-order valence-corrected chi connectivity index (χ4v) is 0.549. The molecule has 0 saturated carbocycles. The first-order chi connectivity index (χ1) is 4.70. The molecule has 3 N–H and O–H groups in total. The molecule has 1 aromatic rings. The average Bonchev–Trinajstić information content (AvgIpc) is 1.88. The van der Waals surface area contributed by atoms with Gasteiger partial charge in [-0.05, 0) is 6.07 Å². The van der Waals surface area contributed by atoms with Gasteiger partial charge < -0.3 is 5.73 Å². The minimum Gasteiger partial charge on any atom is -0.382 e. The summed E-state index contributed by atoms with van der Waals surface area (Å²) in [6, 6.07) is 1.57. The molecule has 1 heterocycles. The van der Waals surface area contributed by atoms with Crippen molar-refractivity contribution in [2.24, 2.45) is 5.73 Å². The van der Waals surface area contributed by atoms with E-state index in [-0.39, 0.29) is 5.84 Å². The lowest BCUT2D eigenvalue weighted by Crippen LogP contribution is -2.13. The van der Waals surface area contributed by atoms with Crippen molar-refractivity contribution in [2.45, 2.75) is 0 Å². The van der Waals surface area contributed by atoms with Crippen LogP contribution in [0, 0.1) is 12.3 Å². The highest BCUT2D eigenvalue weighted by molar-refractivity contribution is 5.92. The van der Waals surface area contributed by atoms with Crippen molar-refractivity contribution in [1.29, 1.82) is 5.41 Å². The summed E-state index contributed by atoms with van der Waals surface area (Å²) in [5.74, 6) is 0.319. The maximum absolute atomic E-state index is 6.99. The predicted octanol–water partition coefficient (Wildman–Crippen LogP) is -0.0571. The highest BCUT2D eigenvalue weighted by Gasteiger charge is 1.96. The Balaban J connectivity index is 3.07. The van der Waals surface area contributed by atoms with Crippen LogP contribution in [0.5, 0.6) is 0 Å². The van der Waals surface area contributed by atoms with Crippen LogP contribution in [0.3, 0.4) is 0 Å². The SMILES string of the molecule is [CH2]c1nccc(C(=N)N)n1. The summed E-state index contributed by atoms with van der Waals surface area (Å²) in [7, 11) is 0. The molecule has 0 aliphatic heterocycles. The summed E-state index contributed by atoms with van der Waals surface area (Å²) in [5.41, 5.74) is 5.56. The molecule has 0 saturated heterocycles. The Kier molecular flexibility index (Phi) is 1.62. The molecule has 1 rings (SSSR count). The number of amidine groups is 1. The second-order valence-electron chi connectivity index (χ2n) is 1.77. The molecule has 0 atom stereocenters. The standard InChI is InChI=1S/C6H7N4/c1-4-9-3-2-5(10-4)6(7)8/h2-3H,1H2,(H3,7,8). The van der Waals surface area contributed by atoms with Crippen molar-refractivity contribution in [1.82, 2.24) is 9.97 Å². The van der Waals surface area contributed by atoms with Crippen LogP contribution in [0.25, 0.3) is 0 Å². The number of nitrogens with two attached hydrogens (primary N) is 1. The van der Waals surface area contributed by atoms with Gasteiger partial charge in [-0.15, -0.1) is 0 Å². The van der Waals surface area contributed by atoms with Crippen LogP contribution in [-0.2, 0) is 0 Å². The minimum absolute atomic E-state index is 0.0627. The Morgan fingerprint density at radius 3 is 2.80 bits per heavy atom. The Morgan fingerprint density at radius 1 is 1.70 bits per heavy atom. The number of rotatable bonds is 1. The third-order valence-corrected chi connectivity index (χ3v) is 0.981. The lowest BCUT2D eigenvalue weighted by Gasteiger charge is -1.95. The summed E-state index contributed by atoms with van der Waals surface area (Å²) in [4.78, 5) is 7.55. The molecule has 0 aliphatic rings. The quantitative estimate of drug-likeness (QED) is 0.418. The molecule has 1 aromatic heterocycles. The largest absolute Gasteiger partial charge is 0.382 e. The minimum atomic E-state index is -0.0627. The van der Waals surface area contributed by atoms with Crippen LogP contribution in [0.4, 0.5) is 0 Å². The van der Waals surface area contributed by atoms with Crippen molar-refractivity contribution in [3.63, 3.8) is 0 Å². The highest BCUT2D eigenvalue weighted by Crippen LogP contribution is 1.91. The molecule has 4 heteroatoms. The molecule has 0 spiro atoms. The van der Waals surface area contributed by atoms with Crippen molar-refractivity contribution in [2.75, 3.05) is 0 Å². The molecule has 0 amide bonds. The first-order valence-electron chi connectivity index (χ1n) is 2.69. The lowest BCUT2D eigenvalue weighted by molar-refractivity contribution is 1.09. The van der Waals surface area contributed by atoms with E-state index in [4.69, 9.17) is 11.1 Å². The molecular weight excluding hydrogens is 128 g/mol. The number of nitrogens with one attached hydrogen (secondary N) is 1. The van der Waals surface area contributed by atoms with Gasteiger partial charge in [-0.25, -0.2) is 9.97 Å². The van der Waals surface area contributed by atoms with Crippen molar-refractivity contribution in [3.8, 4) is 0 Å². The highest BCUT2D eigenvalue weighted by atomic mass is 14.9. The fourth-order valence-electron chi connectivity index (χ4n) is 0.549.